The second-order valence-corrected chi connectivity index (χ2v) is 7.00. The summed E-state index contributed by atoms with van der Waals surface area (Å²) in [6.45, 7) is 5.49. The quantitative estimate of drug-likeness (QED) is 0.628. The summed E-state index contributed by atoms with van der Waals surface area (Å²) in [7, 11) is 0. The molecule has 0 fully saturated rings. The molecule has 1 aromatic rings. The summed E-state index contributed by atoms with van der Waals surface area (Å²) in [6.07, 6.45) is 3.65. The van der Waals surface area contributed by atoms with E-state index in [2.05, 4.69) is 12.2 Å². The van der Waals surface area contributed by atoms with Gasteiger partial charge in [-0.2, -0.15) is 0 Å². The number of nitrogens with one attached hydrogen (secondary N) is 1. The van der Waals surface area contributed by atoms with Gasteiger partial charge in [-0.25, -0.2) is 9.59 Å². The molecule has 1 aliphatic carbocycles. The van der Waals surface area contributed by atoms with E-state index < -0.39 is 17.8 Å². The first-order valence-corrected chi connectivity index (χ1v) is 8.69. The van der Waals surface area contributed by atoms with Crippen LogP contribution in [0.5, 0.6) is 0 Å². The van der Waals surface area contributed by atoms with Crippen LogP contribution >= 0.6 is 11.3 Å². The van der Waals surface area contributed by atoms with Gasteiger partial charge in [-0.1, -0.05) is 6.92 Å². The maximum atomic E-state index is 12.3. The lowest BCUT2D eigenvalue weighted by atomic mass is 9.88. The van der Waals surface area contributed by atoms with E-state index in [-0.39, 0.29) is 12.2 Å². The van der Waals surface area contributed by atoms with Crippen LogP contribution in [0.2, 0.25) is 0 Å². The summed E-state index contributed by atoms with van der Waals surface area (Å²) in [5.74, 6) is -1.63. The summed E-state index contributed by atoms with van der Waals surface area (Å²) < 4.78 is 5.13. The van der Waals surface area contributed by atoms with Crippen molar-refractivity contribution < 1.29 is 24.2 Å². The lowest BCUT2D eigenvalue weighted by Crippen LogP contribution is -2.16. The molecular weight excluding hydrogens is 330 g/mol. The minimum Gasteiger partial charge on any atom is -0.478 e. The fourth-order valence-corrected chi connectivity index (χ4v) is 4.07. The molecule has 0 aromatic carbocycles. The van der Waals surface area contributed by atoms with Crippen molar-refractivity contribution >= 4 is 34.2 Å². The van der Waals surface area contributed by atoms with Crippen molar-refractivity contribution in [2.45, 2.75) is 40.0 Å². The molecule has 0 spiro atoms. The Kier molecular flexibility index (Phi) is 5.77. The molecule has 0 saturated carbocycles. The first kappa shape index (κ1) is 18.2. The molecule has 130 valence electrons. The number of carbonyl (C=O) groups excluding carboxylic acids is 2. The van der Waals surface area contributed by atoms with Gasteiger partial charge in [-0.15, -0.1) is 11.3 Å². The molecule has 6 nitrogen and oxygen atoms in total. The van der Waals surface area contributed by atoms with E-state index >= 15 is 0 Å². The van der Waals surface area contributed by atoms with Crippen LogP contribution in [0.4, 0.5) is 5.00 Å². The molecule has 2 N–H and O–H groups in total. The van der Waals surface area contributed by atoms with E-state index in [1.54, 1.807) is 6.92 Å². The Labute approximate surface area is 144 Å². The molecule has 0 bridgehead atoms. The number of amides is 1. The Morgan fingerprint density at radius 3 is 2.75 bits per heavy atom. The average molecular weight is 351 g/mol. The summed E-state index contributed by atoms with van der Waals surface area (Å²) >= 11 is 1.37. The number of fused-ring (bicyclic) bond motifs is 1. The van der Waals surface area contributed by atoms with Gasteiger partial charge in [0.2, 0.25) is 5.91 Å². The summed E-state index contributed by atoms with van der Waals surface area (Å²) in [4.78, 5) is 36.3. The van der Waals surface area contributed by atoms with E-state index in [0.29, 0.717) is 16.5 Å². The minimum atomic E-state index is -1.16. The van der Waals surface area contributed by atoms with E-state index in [9.17, 15) is 14.4 Å². The second kappa shape index (κ2) is 7.61. The zero-order valence-corrected chi connectivity index (χ0v) is 14.8. The molecule has 1 aromatic heterocycles. The van der Waals surface area contributed by atoms with Crippen LogP contribution in [0, 0.1) is 5.92 Å². The number of hydrogen-bond acceptors (Lipinski definition) is 5. The molecule has 2 rings (SSSR count). The molecule has 24 heavy (non-hydrogen) atoms. The standard InChI is InChI=1S/C17H21NO5S/c1-4-23-17(22)14-11-6-5-9(2)7-12(11)24-15(14)18-13(19)8-10(3)16(20)21/h8-9H,4-7H2,1-3H3,(H,18,19)(H,20,21). The van der Waals surface area contributed by atoms with Gasteiger partial charge >= 0.3 is 11.9 Å². The van der Waals surface area contributed by atoms with Gasteiger partial charge in [0.1, 0.15) is 5.00 Å². The van der Waals surface area contributed by atoms with Gasteiger partial charge in [0.25, 0.3) is 0 Å². The monoisotopic (exact) mass is 351 g/mol. The topological polar surface area (TPSA) is 92.7 Å². The highest BCUT2D eigenvalue weighted by Crippen LogP contribution is 2.40. The summed E-state index contributed by atoms with van der Waals surface area (Å²) in [5.41, 5.74) is 1.30. The molecule has 7 heteroatoms. The van der Waals surface area contributed by atoms with Gasteiger partial charge < -0.3 is 15.2 Å². The lowest BCUT2D eigenvalue weighted by molar-refractivity contribution is -0.132. The first-order chi connectivity index (χ1) is 11.3. The van der Waals surface area contributed by atoms with Gasteiger partial charge in [0, 0.05) is 16.5 Å². The molecule has 0 aliphatic heterocycles. The molecule has 1 unspecified atom stereocenters. The van der Waals surface area contributed by atoms with Crippen LogP contribution in [0.25, 0.3) is 0 Å². The Balaban J connectivity index is 2.35. The first-order valence-electron chi connectivity index (χ1n) is 7.87. The number of ether oxygens (including phenoxy) is 1. The zero-order chi connectivity index (χ0) is 17.9. The highest BCUT2D eigenvalue weighted by molar-refractivity contribution is 7.17. The fourth-order valence-electron chi connectivity index (χ4n) is 2.66. The average Bonchev–Trinajstić information content (AvgIpc) is 2.83. The molecule has 0 radical (unpaired) electrons. The molecule has 1 atom stereocenters. The summed E-state index contributed by atoms with van der Waals surface area (Å²) in [6, 6.07) is 0. The van der Waals surface area contributed by atoms with Crippen molar-refractivity contribution in [3.8, 4) is 0 Å². The largest absolute Gasteiger partial charge is 0.478 e. The van der Waals surface area contributed by atoms with Crippen molar-refractivity contribution in [2.75, 3.05) is 11.9 Å². The molecular formula is C17H21NO5S. The van der Waals surface area contributed by atoms with Crippen molar-refractivity contribution in [1.82, 2.24) is 0 Å². The molecule has 1 amide bonds. The predicted molar refractivity (Wildman–Crippen MR) is 91.5 cm³/mol. The SMILES string of the molecule is CCOC(=O)c1c(NC(=O)C=C(C)C(=O)O)sc2c1CCC(C)C2. The fraction of sp³-hybridized carbons (Fsp3) is 0.471. The molecule has 1 aliphatic rings. The maximum absolute atomic E-state index is 12.3. The van der Waals surface area contributed by atoms with Crippen molar-refractivity contribution in [3.05, 3.63) is 27.7 Å². The van der Waals surface area contributed by atoms with Crippen LogP contribution in [-0.4, -0.2) is 29.6 Å². The minimum absolute atomic E-state index is 0.0693. The number of carboxylic acids is 1. The molecule has 1 heterocycles. The van der Waals surface area contributed by atoms with Crippen LogP contribution in [0.15, 0.2) is 11.6 Å². The van der Waals surface area contributed by atoms with E-state index in [4.69, 9.17) is 9.84 Å². The van der Waals surface area contributed by atoms with E-state index in [1.165, 1.54) is 18.3 Å². The third-order valence-electron chi connectivity index (χ3n) is 3.91. The van der Waals surface area contributed by atoms with Crippen molar-refractivity contribution in [1.29, 1.82) is 0 Å². The highest BCUT2D eigenvalue weighted by atomic mass is 32.1. The van der Waals surface area contributed by atoms with Crippen molar-refractivity contribution in [3.63, 3.8) is 0 Å². The van der Waals surface area contributed by atoms with Crippen LogP contribution in [0.1, 0.15) is 48.0 Å². The number of thiophene rings is 1. The lowest BCUT2D eigenvalue weighted by Gasteiger charge is -2.18. The smallest absolute Gasteiger partial charge is 0.341 e. The maximum Gasteiger partial charge on any atom is 0.341 e. The Morgan fingerprint density at radius 2 is 2.12 bits per heavy atom. The number of carbonyl (C=O) groups is 3. The number of carboxylic acid groups (broad SMARTS) is 1. The van der Waals surface area contributed by atoms with Crippen LogP contribution < -0.4 is 5.32 Å². The van der Waals surface area contributed by atoms with Gasteiger partial charge in [-0.05, 0) is 44.6 Å². The summed E-state index contributed by atoms with van der Waals surface area (Å²) in [5, 5.41) is 11.9. The Hall–Kier alpha value is -2.15. The molecule has 0 saturated heterocycles. The van der Waals surface area contributed by atoms with E-state index in [0.717, 1.165) is 35.8 Å². The Morgan fingerprint density at radius 1 is 1.42 bits per heavy atom. The van der Waals surface area contributed by atoms with Crippen molar-refractivity contribution in [2.24, 2.45) is 5.92 Å². The number of anilines is 1. The zero-order valence-electron chi connectivity index (χ0n) is 14.0. The van der Waals surface area contributed by atoms with Gasteiger partial charge in [-0.3, -0.25) is 4.79 Å². The number of aliphatic carboxylic acids is 1. The van der Waals surface area contributed by atoms with Crippen LogP contribution in [-0.2, 0) is 27.2 Å². The van der Waals surface area contributed by atoms with E-state index in [1.807, 2.05) is 0 Å². The second-order valence-electron chi connectivity index (χ2n) is 5.90. The Bertz CT molecular complexity index is 704. The normalized spacial score (nSPS) is 17.1. The predicted octanol–water partition coefficient (Wildman–Crippen LogP) is 3.02. The number of rotatable bonds is 5. The highest BCUT2D eigenvalue weighted by Gasteiger charge is 2.29. The van der Waals surface area contributed by atoms with Gasteiger partial charge in [0.15, 0.2) is 0 Å². The third-order valence-corrected chi connectivity index (χ3v) is 5.08. The van der Waals surface area contributed by atoms with Crippen LogP contribution in [0.3, 0.4) is 0 Å². The van der Waals surface area contributed by atoms with Gasteiger partial charge in [0.05, 0.1) is 12.2 Å². The number of esters is 1. The number of hydrogen-bond donors (Lipinski definition) is 2. The third kappa shape index (κ3) is 4.03.